The standard InChI is InChI=1S/C18H18BrNO5/c1-9-11(6-16(24-9)18-17(22)14(21)8-23-18)13-7-15(25-20-13)10-4-2-3-5-12(10)19/h2-6,14-15,17-18,21-22H,7-8H2,1H3/t14-,15?,17-,18+/m1/s1. The molecule has 3 heterocycles. The molecule has 132 valence electrons. The fourth-order valence-corrected chi connectivity index (χ4v) is 3.76. The van der Waals surface area contributed by atoms with Crippen LogP contribution in [0, 0.1) is 6.92 Å². The number of aliphatic hydroxyl groups is 2. The highest BCUT2D eigenvalue weighted by Crippen LogP contribution is 2.37. The number of ether oxygens (including phenoxy) is 1. The SMILES string of the molecule is Cc1oc([C@@H]2OC[C@@H](O)[C@H]2O)cc1C1=NOC(c2ccccc2Br)C1. The number of hydrogen-bond acceptors (Lipinski definition) is 6. The Bertz CT molecular complexity index is 818. The smallest absolute Gasteiger partial charge is 0.159 e. The zero-order valence-corrected chi connectivity index (χ0v) is 15.1. The summed E-state index contributed by atoms with van der Waals surface area (Å²) in [4.78, 5) is 5.61. The van der Waals surface area contributed by atoms with Gasteiger partial charge in [0.25, 0.3) is 0 Å². The van der Waals surface area contributed by atoms with Crippen molar-refractivity contribution in [2.24, 2.45) is 5.16 Å². The number of aryl methyl sites for hydroxylation is 1. The second-order valence-corrected chi connectivity index (χ2v) is 7.14. The van der Waals surface area contributed by atoms with Crippen molar-refractivity contribution in [1.82, 2.24) is 0 Å². The molecule has 4 rings (SSSR count). The molecule has 1 fully saturated rings. The van der Waals surface area contributed by atoms with Gasteiger partial charge in [0.2, 0.25) is 0 Å². The average molecular weight is 408 g/mol. The highest BCUT2D eigenvalue weighted by atomic mass is 79.9. The Morgan fingerprint density at radius 3 is 2.76 bits per heavy atom. The molecule has 7 heteroatoms. The van der Waals surface area contributed by atoms with Gasteiger partial charge >= 0.3 is 0 Å². The summed E-state index contributed by atoms with van der Waals surface area (Å²) in [5.41, 5.74) is 2.67. The van der Waals surface area contributed by atoms with E-state index in [9.17, 15) is 10.2 Å². The molecule has 6 nitrogen and oxygen atoms in total. The Morgan fingerprint density at radius 2 is 2.04 bits per heavy atom. The van der Waals surface area contributed by atoms with E-state index in [2.05, 4.69) is 21.1 Å². The van der Waals surface area contributed by atoms with Gasteiger partial charge in [-0.05, 0) is 19.1 Å². The average Bonchev–Trinajstić information content (AvgIpc) is 3.29. The highest BCUT2D eigenvalue weighted by Gasteiger charge is 2.38. The summed E-state index contributed by atoms with van der Waals surface area (Å²) in [7, 11) is 0. The van der Waals surface area contributed by atoms with Crippen LogP contribution in [0.15, 0.2) is 44.4 Å². The molecule has 2 aliphatic heterocycles. The van der Waals surface area contributed by atoms with E-state index in [-0.39, 0.29) is 12.7 Å². The minimum absolute atomic E-state index is 0.0923. The zero-order valence-electron chi connectivity index (χ0n) is 13.6. The van der Waals surface area contributed by atoms with E-state index in [1.165, 1.54) is 0 Å². The Labute approximate surface area is 153 Å². The van der Waals surface area contributed by atoms with Crippen molar-refractivity contribution in [1.29, 1.82) is 0 Å². The van der Waals surface area contributed by atoms with Crippen LogP contribution in [0.2, 0.25) is 0 Å². The normalized spacial score (nSPS) is 28.9. The Morgan fingerprint density at radius 1 is 1.24 bits per heavy atom. The molecule has 2 aromatic rings. The summed E-state index contributed by atoms with van der Waals surface area (Å²) < 4.78 is 12.2. The van der Waals surface area contributed by atoms with Gasteiger partial charge in [0, 0.05) is 22.0 Å². The van der Waals surface area contributed by atoms with Gasteiger partial charge in [0.1, 0.15) is 29.8 Å². The maximum atomic E-state index is 10.0. The molecular weight excluding hydrogens is 390 g/mol. The lowest BCUT2D eigenvalue weighted by Crippen LogP contribution is -2.24. The highest BCUT2D eigenvalue weighted by molar-refractivity contribution is 9.10. The van der Waals surface area contributed by atoms with Crippen LogP contribution in [-0.4, -0.2) is 34.7 Å². The molecule has 0 radical (unpaired) electrons. The van der Waals surface area contributed by atoms with Crippen LogP contribution in [0.3, 0.4) is 0 Å². The van der Waals surface area contributed by atoms with Gasteiger partial charge in [-0.2, -0.15) is 0 Å². The maximum absolute atomic E-state index is 10.0. The summed E-state index contributed by atoms with van der Waals surface area (Å²) in [6, 6.07) is 9.71. The predicted octanol–water partition coefficient (Wildman–Crippen LogP) is 3.01. The third-order valence-corrected chi connectivity index (χ3v) is 5.32. The molecule has 0 saturated carbocycles. The van der Waals surface area contributed by atoms with Crippen LogP contribution in [0.25, 0.3) is 0 Å². The lowest BCUT2D eigenvalue weighted by Gasteiger charge is -2.11. The van der Waals surface area contributed by atoms with Crippen molar-refractivity contribution < 1.29 is 24.2 Å². The lowest BCUT2D eigenvalue weighted by molar-refractivity contribution is 0.0117. The molecule has 0 spiro atoms. The van der Waals surface area contributed by atoms with E-state index >= 15 is 0 Å². The summed E-state index contributed by atoms with van der Waals surface area (Å²) >= 11 is 3.54. The van der Waals surface area contributed by atoms with Crippen molar-refractivity contribution in [3.05, 3.63) is 57.5 Å². The number of nitrogens with zero attached hydrogens (tertiary/aromatic N) is 1. The molecule has 2 N–H and O–H groups in total. The Kier molecular flexibility index (Phi) is 4.41. The van der Waals surface area contributed by atoms with Crippen LogP contribution in [0.1, 0.15) is 41.3 Å². The summed E-state index contributed by atoms with van der Waals surface area (Å²) in [5, 5.41) is 23.9. The minimum atomic E-state index is -0.992. The van der Waals surface area contributed by atoms with Crippen LogP contribution < -0.4 is 0 Å². The largest absolute Gasteiger partial charge is 0.463 e. The first kappa shape index (κ1) is 16.8. The molecule has 4 atom stereocenters. The third-order valence-electron chi connectivity index (χ3n) is 4.60. The van der Waals surface area contributed by atoms with E-state index in [1.807, 2.05) is 37.3 Å². The fourth-order valence-electron chi connectivity index (χ4n) is 3.22. The van der Waals surface area contributed by atoms with Crippen molar-refractivity contribution in [3.8, 4) is 0 Å². The van der Waals surface area contributed by atoms with E-state index in [0.29, 0.717) is 17.9 Å². The fraction of sp³-hybridized carbons (Fsp3) is 0.389. The van der Waals surface area contributed by atoms with Crippen LogP contribution in [-0.2, 0) is 9.57 Å². The molecule has 2 aliphatic rings. The van der Waals surface area contributed by atoms with Crippen LogP contribution in [0.4, 0.5) is 0 Å². The van der Waals surface area contributed by atoms with Crippen molar-refractivity contribution in [2.75, 3.05) is 6.61 Å². The quantitative estimate of drug-likeness (QED) is 0.816. The number of halogens is 1. The molecule has 25 heavy (non-hydrogen) atoms. The first-order valence-electron chi connectivity index (χ1n) is 8.10. The van der Waals surface area contributed by atoms with Gasteiger partial charge in [0.05, 0.1) is 12.3 Å². The number of hydrogen-bond donors (Lipinski definition) is 2. The Hall–Kier alpha value is -1.67. The van der Waals surface area contributed by atoms with Crippen molar-refractivity contribution in [2.45, 2.75) is 37.8 Å². The molecule has 0 amide bonds. The third kappa shape index (κ3) is 3.01. The van der Waals surface area contributed by atoms with Crippen LogP contribution >= 0.6 is 15.9 Å². The number of benzene rings is 1. The minimum Gasteiger partial charge on any atom is -0.463 e. The van der Waals surface area contributed by atoms with Gasteiger partial charge in [-0.1, -0.05) is 39.3 Å². The number of aliphatic hydroxyl groups excluding tert-OH is 2. The van der Waals surface area contributed by atoms with Crippen molar-refractivity contribution >= 4 is 21.6 Å². The van der Waals surface area contributed by atoms with E-state index in [0.717, 1.165) is 21.3 Å². The van der Waals surface area contributed by atoms with Gasteiger partial charge < -0.3 is 24.2 Å². The second kappa shape index (κ2) is 6.57. The summed E-state index contributed by atoms with van der Waals surface area (Å²) in [6.45, 7) is 1.93. The van der Waals surface area contributed by atoms with Gasteiger partial charge in [-0.25, -0.2) is 0 Å². The molecule has 1 saturated heterocycles. The molecular formula is C18H18BrNO5. The van der Waals surface area contributed by atoms with Gasteiger partial charge in [-0.3, -0.25) is 0 Å². The number of oxime groups is 1. The van der Waals surface area contributed by atoms with E-state index in [4.69, 9.17) is 14.0 Å². The maximum Gasteiger partial charge on any atom is 0.159 e. The lowest BCUT2D eigenvalue weighted by atomic mass is 10.00. The first-order chi connectivity index (χ1) is 12.0. The molecule has 0 bridgehead atoms. The number of rotatable bonds is 3. The monoisotopic (exact) mass is 407 g/mol. The first-order valence-corrected chi connectivity index (χ1v) is 8.89. The molecule has 1 aromatic carbocycles. The Balaban J connectivity index is 1.55. The van der Waals surface area contributed by atoms with Crippen molar-refractivity contribution in [3.63, 3.8) is 0 Å². The summed E-state index contributed by atoms with van der Waals surface area (Å²) in [5.74, 6) is 1.17. The molecule has 0 aliphatic carbocycles. The van der Waals surface area contributed by atoms with E-state index in [1.54, 1.807) is 0 Å². The van der Waals surface area contributed by atoms with E-state index < -0.39 is 18.3 Å². The predicted molar refractivity (Wildman–Crippen MR) is 93.3 cm³/mol. The van der Waals surface area contributed by atoms with Gasteiger partial charge in [-0.15, -0.1) is 0 Å². The van der Waals surface area contributed by atoms with Crippen LogP contribution in [0.5, 0.6) is 0 Å². The second-order valence-electron chi connectivity index (χ2n) is 6.29. The van der Waals surface area contributed by atoms with Gasteiger partial charge in [0.15, 0.2) is 6.10 Å². The summed E-state index contributed by atoms with van der Waals surface area (Å²) in [6.07, 6.45) is -2.08. The zero-order chi connectivity index (χ0) is 17.6. The number of furan rings is 1. The molecule has 1 aromatic heterocycles. The molecule has 1 unspecified atom stereocenters. The topological polar surface area (TPSA) is 84.4 Å².